The van der Waals surface area contributed by atoms with E-state index in [-0.39, 0.29) is 1.43 Å². The molecule has 1 unspecified atom stereocenters. The molecular formula is C82H70BN5P2. The van der Waals surface area contributed by atoms with Crippen LogP contribution in [0.25, 0.3) is 43.8 Å². The molecule has 5 nitrogen and oxygen atoms in total. The number of anilines is 12. The molecule has 0 saturated carbocycles. The molecule has 2 radical (unpaired) electrons. The lowest BCUT2D eigenvalue weighted by Gasteiger charge is -2.27. The van der Waals surface area contributed by atoms with Crippen molar-refractivity contribution >= 4 is 117 Å². The summed E-state index contributed by atoms with van der Waals surface area (Å²) in [5, 5.41) is 4.90. The lowest BCUT2D eigenvalue weighted by atomic mass is 10.0. The monoisotopic (exact) mass is 1200 g/mol. The van der Waals surface area contributed by atoms with Crippen LogP contribution in [0.5, 0.6) is 0 Å². The van der Waals surface area contributed by atoms with E-state index in [0.29, 0.717) is 0 Å². The largest absolute Gasteiger partial charge is 0.344 e. The lowest BCUT2D eigenvalue weighted by Crippen LogP contribution is -2.10. The normalized spacial score (nSPS) is 10.6. The van der Waals surface area contributed by atoms with E-state index in [4.69, 9.17) is 1.28 Å². The Kier molecular flexibility index (Phi) is 19.5. The maximum Gasteiger partial charge on any atom is 0.265 e. The summed E-state index contributed by atoms with van der Waals surface area (Å²) in [7, 11) is 8.64. The van der Waals surface area contributed by atoms with E-state index in [0.717, 1.165) is 68.2 Å². The van der Waals surface area contributed by atoms with Gasteiger partial charge in [-0.2, -0.15) is 9.84 Å². The minimum Gasteiger partial charge on any atom is -0.344 e. The van der Waals surface area contributed by atoms with Crippen molar-refractivity contribution in [2.24, 2.45) is 4.66 Å². The molecule has 0 aliphatic carbocycles. The zero-order valence-electron chi connectivity index (χ0n) is 51.4. The molecule has 0 fully saturated rings. The Hall–Kier alpha value is -10.6. The van der Waals surface area contributed by atoms with Crippen LogP contribution in [0.3, 0.4) is 0 Å². The van der Waals surface area contributed by atoms with E-state index in [1.54, 1.807) is 9.84 Å². The van der Waals surface area contributed by atoms with Gasteiger partial charge in [0, 0.05) is 69.1 Å². The van der Waals surface area contributed by atoms with Gasteiger partial charge in [0.05, 0.1) is 12.7 Å². The van der Waals surface area contributed by atoms with Gasteiger partial charge in [-0.15, -0.1) is 0 Å². The molecule has 0 N–H and O–H groups in total. The van der Waals surface area contributed by atoms with Gasteiger partial charge in [0.1, 0.15) is 0 Å². The zero-order chi connectivity index (χ0) is 62.7. The molecular weight excluding hydrogens is 1130 g/mol. The third kappa shape index (κ3) is 14.0. The molecule has 0 saturated heterocycles. The summed E-state index contributed by atoms with van der Waals surface area (Å²) in [4.78, 5) is 9.30. The molecule has 1 atom stereocenters. The number of fused-ring (bicyclic) bond motifs is 2. The number of hydrogen-bond acceptors (Lipinski definition) is 5. The molecule has 14 aromatic carbocycles. The number of aryl methyl sites for hydroxylation is 2. The van der Waals surface area contributed by atoms with Gasteiger partial charge in [-0.05, 0) is 200 Å². The van der Waals surface area contributed by atoms with E-state index in [1.165, 1.54) is 54.9 Å². The topological polar surface area (TPSA) is 25.3 Å². The number of rotatable bonds is 14. The highest BCUT2D eigenvalue weighted by atomic mass is 31.0. The van der Waals surface area contributed by atoms with Crippen LogP contribution >= 0.6 is 18.9 Å². The van der Waals surface area contributed by atoms with Gasteiger partial charge < -0.3 is 24.3 Å². The van der Waals surface area contributed by atoms with Crippen LogP contribution in [-0.2, 0) is 0 Å². The van der Waals surface area contributed by atoms with Gasteiger partial charge in [-0.3, -0.25) is 0 Å². The molecule has 0 aliphatic heterocycles. The van der Waals surface area contributed by atoms with E-state index < -0.39 is 0 Å². The summed E-state index contributed by atoms with van der Waals surface area (Å²) in [6.45, 7) is 4.27. The van der Waals surface area contributed by atoms with Crippen molar-refractivity contribution < 1.29 is 1.43 Å². The predicted molar refractivity (Wildman–Crippen MR) is 397 cm³/mol. The summed E-state index contributed by atoms with van der Waals surface area (Å²) in [5.41, 5.74) is 20.9. The molecule has 436 valence electrons. The molecule has 90 heavy (non-hydrogen) atoms. The fourth-order valence-electron chi connectivity index (χ4n) is 11.6. The fraction of sp³-hybridized carbons (Fsp3) is 0.0244. The highest BCUT2D eigenvalue weighted by Crippen LogP contribution is 2.43. The van der Waals surface area contributed by atoms with Crippen LogP contribution in [0.15, 0.2) is 357 Å². The van der Waals surface area contributed by atoms with Crippen LogP contribution in [0.1, 0.15) is 12.6 Å². The van der Waals surface area contributed by atoms with Crippen molar-refractivity contribution in [1.29, 1.82) is 1.28 Å². The van der Waals surface area contributed by atoms with Crippen molar-refractivity contribution in [2.45, 2.75) is 13.8 Å². The number of benzene rings is 14. The SMILES string of the molecule is Cc1cccc(N(c2ccccc2)c2ccc(-c3ccc(N(c4ccccc4)c4cccc(C)c4)cc3)cc2)c1.[2HH].[3H]P.[B]N=P.c1ccc(N(c2ccc(-c3ccc(N(c4ccccc4)c4cccc5ccccc45)cc3)cc2)c2cccc3ccccc23)cc1. The minimum atomic E-state index is 0. The maximum absolute atomic E-state index is 5.67. The van der Waals surface area contributed by atoms with Crippen molar-refractivity contribution in [3.05, 3.63) is 363 Å². The van der Waals surface area contributed by atoms with Crippen LogP contribution < -0.4 is 19.6 Å². The molecule has 0 bridgehead atoms. The van der Waals surface area contributed by atoms with E-state index >= 15 is 0 Å². The Balaban J connectivity index is 0.000000188. The summed E-state index contributed by atoms with van der Waals surface area (Å²) < 4.78 is 8.47. The van der Waals surface area contributed by atoms with Crippen LogP contribution in [0, 0.1) is 13.8 Å². The first kappa shape index (κ1) is 59.7. The van der Waals surface area contributed by atoms with Gasteiger partial charge in [0.2, 0.25) is 0 Å². The lowest BCUT2D eigenvalue weighted by molar-refractivity contribution is 1.27. The van der Waals surface area contributed by atoms with Crippen LogP contribution in [0.4, 0.5) is 68.2 Å². The third-order valence-corrected chi connectivity index (χ3v) is 15.8. The van der Waals surface area contributed by atoms with Gasteiger partial charge in [-0.25, -0.2) is 0 Å². The van der Waals surface area contributed by atoms with E-state index in [2.05, 4.69) is 407 Å². The Morgan fingerprint density at radius 1 is 0.278 bits per heavy atom. The standard InChI is InChI=1S/C44H32N2.C38H32N2.BHNP.H3P.H2/c1-3-17-37(18-4-1)45(43-23-11-15-35-13-7-9-21-41(35)43)39-29-25-33(26-30-39)34-27-31-40(32-28-34)46(38-19-5-2-6-20-38)44-24-12-16-36-14-8-10-22-42(36)44;1-29-11-9-17-37(27-29)39(33-13-5-3-6-14-33)35-23-19-31(20-24-35)32-21-25-36(26-22-32)40(34-15-7-4-8-16-34)38-18-10-12-30(2)28-38;1-2-3;;/h1-32H;3-28H,1-2H3;3H;1H3;1H/i;;;1T;1+1. The second kappa shape index (κ2) is 29.4. The smallest absolute Gasteiger partial charge is 0.265 e. The van der Waals surface area contributed by atoms with E-state index in [1.807, 2.05) is 0 Å². The number of hydrogen-bond donors (Lipinski definition) is 0. The maximum atomic E-state index is 5.67. The second-order valence-electron chi connectivity index (χ2n) is 21.7. The van der Waals surface area contributed by atoms with Gasteiger partial charge in [0.15, 0.2) is 0 Å². The molecule has 8 heteroatoms. The predicted octanol–water partition coefficient (Wildman–Crippen LogP) is 24.2. The Morgan fingerprint density at radius 2 is 0.500 bits per heavy atom. The number of para-hydroxylation sites is 4. The summed E-state index contributed by atoms with van der Waals surface area (Å²) in [6, 6.07) is 125. The highest BCUT2D eigenvalue weighted by Gasteiger charge is 2.19. The molecule has 0 spiro atoms. The quantitative estimate of drug-likeness (QED) is 0.0800. The van der Waals surface area contributed by atoms with Crippen molar-refractivity contribution in [1.82, 2.24) is 0 Å². The Labute approximate surface area is 539 Å². The Bertz CT molecular complexity index is 4300. The zero-order valence-corrected chi connectivity index (χ0v) is 52.5. The van der Waals surface area contributed by atoms with Gasteiger partial charge in [0.25, 0.3) is 7.98 Å². The second-order valence-corrected chi connectivity index (χ2v) is 21.9. The third-order valence-electron chi connectivity index (χ3n) is 15.8. The minimum absolute atomic E-state index is 0. The molecule has 14 aromatic rings. The average Bonchev–Trinajstić information content (AvgIpc) is 0.862. The molecule has 0 amide bonds. The van der Waals surface area contributed by atoms with Gasteiger partial charge in [-0.1, -0.05) is 218 Å². The molecule has 0 heterocycles. The Morgan fingerprint density at radius 3 is 0.800 bits per heavy atom. The summed E-state index contributed by atoms with van der Waals surface area (Å²) in [5.74, 6) is 0. The first-order chi connectivity index (χ1) is 44.9. The van der Waals surface area contributed by atoms with Gasteiger partial charge >= 0.3 is 0 Å². The first-order valence-electron chi connectivity index (χ1n) is 30.5. The summed E-state index contributed by atoms with van der Waals surface area (Å²) in [6.07, 6.45) is 0. The van der Waals surface area contributed by atoms with E-state index in [9.17, 15) is 0 Å². The summed E-state index contributed by atoms with van der Waals surface area (Å²) >= 11 is 0. The fourth-order valence-corrected chi connectivity index (χ4v) is 11.6. The molecule has 0 aliphatic rings. The van der Waals surface area contributed by atoms with Crippen LogP contribution in [0.2, 0.25) is 0 Å². The number of nitrogens with zero attached hydrogens (tertiary/aromatic N) is 5. The average molecular weight is 1200 g/mol. The van der Waals surface area contributed by atoms with Crippen LogP contribution in [-0.4, -0.2) is 9.26 Å². The highest BCUT2D eigenvalue weighted by molar-refractivity contribution is 7.05. The van der Waals surface area contributed by atoms with Crippen molar-refractivity contribution in [3.63, 3.8) is 0 Å². The molecule has 14 rings (SSSR count). The first-order valence-corrected chi connectivity index (χ1v) is 30.3. The van der Waals surface area contributed by atoms with Crippen molar-refractivity contribution in [3.8, 4) is 22.3 Å². The molecule has 0 aromatic heterocycles. The van der Waals surface area contributed by atoms with Crippen molar-refractivity contribution in [2.75, 3.05) is 19.6 Å².